The molecule has 2 heterocycles. The summed E-state index contributed by atoms with van der Waals surface area (Å²) < 4.78 is 45.0. The van der Waals surface area contributed by atoms with Crippen LogP contribution in [0.4, 0.5) is 14.6 Å². The number of hydrogen-bond acceptors (Lipinski definition) is 7. The van der Waals surface area contributed by atoms with Crippen LogP contribution in [0.25, 0.3) is 11.1 Å². The summed E-state index contributed by atoms with van der Waals surface area (Å²) in [5, 5.41) is 7.07. The van der Waals surface area contributed by atoms with Crippen LogP contribution in [-0.4, -0.2) is 49.9 Å². The smallest absolute Gasteiger partial charge is 0.313 e. The number of anilines is 1. The highest BCUT2D eigenvalue weighted by Gasteiger charge is 2.45. The maximum atomic E-state index is 14.9. The lowest BCUT2D eigenvalue weighted by Crippen LogP contribution is -2.64. The second kappa shape index (κ2) is 8.72. The molecule has 1 fully saturated rings. The first-order valence-electron chi connectivity index (χ1n) is 9.05. The molecule has 160 valence electrons. The molecular weight excluding hydrogens is 398 g/mol. The number of nitrogens with two attached hydrogens (primary N) is 1. The number of aromatic nitrogens is 1. The quantitative estimate of drug-likeness (QED) is 0.292. The number of ether oxygens (including phenoxy) is 3. The number of amidine groups is 1. The van der Waals surface area contributed by atoms with E-state index in [-0.39, 0.29) is 41.4 Å². The fraction of sp³-hybridized carbons (Fsp3) is 0.350. The zero-order valence-electron chi connectivity index (χ0n) is 16.6. The fourth-order valence-corrected chi connectivity index (χ4v) is 3.12. The minimum absolute atomic E-state index is 0.113. The van der Waals surface area contributed by atoms with Gasteiger partial charge in [-0.25, -0.2) is 13.8 Å². The summed E-state index contributed by atoms with van der Waals surface area (Å²) in [4.78, 5) is 17.3. The van der Waals surface area contributed by atoms with Gasteiger partial charge in [0.05, 0.1) is 13.1 Å². The number of halogens is 2. The van der Waals surface area contributed by atoms with Gasteiger partial charge in [-0.05, 0) is 6.07 Å². The van der Waals surface area contributed by atoms with Crippen molar-refractivity contribution in [3.63, 3.8) is 0 Å². The van der Waals surface area contributed by atoms with Crippen molar-refractivity contribution in [1.82, 2.24) is 4.98 Å². The molecule has 0 aliphatic carbocycles. The van der Waals surface area contributed by atoms with E-state index in [1.165, 1.54) is 38.6 Å². The number of methoxy groups -OCH3 is 2. The minimum atomic E-state index is -0.785. The highest BCUT2D eigenvalue weighted by atomic mass is 19.1. The van der Waals surface area contributed by atoms with Crippen molar-refractivity contribution in [2.45, 2.75) is 18.8 Å². The van der Waals surface area contributed by atoms with Crippen LogP contribution < -0.4 is 10.6 Å². The Morgan fingerprint density at radius 2 is 2.00 bits per heavy atom. The SMILES string of the molecule is COC1(OC)CN(c2ncc(-c3cccc(COC(=O)CC(=N)N)c3F)cc2F)C1. The summed E-state index contributed by atoms with van der Waals surface area (Å²) in [6.07, 6.45) is 1.00. The lowest BCUT2D eigenvalue weighted by Gasteiger charge is -2.48. The van der Waals surface area contributed by atoms with Gasteiger partial charge in [0.15, 0.2) is 11.6 Å². The van der Waals surface area contributed by atoms with Crippen molar-refractivity contribution >= 4 is 17.6 Å². The molecule has 0 bridgehead atoms. The van der Waals surface area contributed by atoms with E-state index in [9.17, 15) is 13.6 Å². The van der Waals surface area contributed by atoms with Crippen molar-refractivity contribution in [2.24, 2.45) is 5.73 Å². The third-order valence-electron chi connectivity index (χ3n) is 4.84. The van der Waals surface area contributed by atoms with E-state index < -0.39 is 23.4 Å². The number of hydrogen-bond donors (Lipinski definition) is 2. The highest BCUT2D eigenvalue weighted by Crippen LogP contribution is 2.33. The molecule has 30 heavy (non-hydrogen) atoms. The maximum Gasteiger partial charge on any atom is 0.313 e. The highest BCUT2D eigenvalue weighted by molar-refractivity contribution is 5.94. The van der Waals surface area contributed by atoms with E-state index in [4.69, 9.17) is 25.4 Å². The van der Waals surface area contributed by atoms with Gasteiger partial charge in [-0.2, -0.15) is 0 Å². The predicted octanol–water partition coefficient (Wildman–Crippen LogP) is 2.21. The van der Waals surface area contributed by atoms with E-state index in [0.717, 1.165) is 0 Å². The zero-order chi connectivity index (χ0) is 21.9. The topological polar surface area (TPSA) is 111 Å². The lowest BCUT2D eigenvalue weighted by atomic mass is 10.0. The molecule has 1 aromatic carbocycles. The number of carbonyl (C=O) groups excluding carboxylic acids is 1. The van der Waals surface area contributed by atoms with Gasteiger partial charge in [-0.15, -0.1) is 0 Å². The van der Waals surface area contributed by atoms with Gasteiger partial charge in [0.2, 0.25) is 5.79 Å². The third kappa shape index (κ3) is 4.39. The van der Waals surface area contributed by atoms with Crippen LogP contribution in [-0.2, 0) is 25.6 Å². The summed E-state index contributed by atoms with van der Waals surface area (Å²) in [6.45, 7) is 0.307. The Morgan fingerprint density at radius 3 is 2.60 bits per heavy atom. The Labute approximate surface area is 172 Å². The zero-order valence-corrected chi connectivity index (χ0v) is 16.6. The molecule has 1 aromatic heterocycles. The molecule has 1 aliphatic heterocycles. The monoisotopic (exact) mass is 420 g/mol. The Kier molecular flexibility index (Phi) is 6.28. The molecule has 0 saturated carbocycles. The minimum Gasteiger partial charge on any atom is -0.460 e. The molecule has 0 atom stereocenters. The molecular formula is C20H22F2N4O4. The lowest BCUT2D eigenvalue weighted by molar-refractivity contribution is -0.219. The molecule has 1 saturated heterocycles. The van der Waals surface area contributed by atoms with Gasteiger partial charge >= 0.3 is 5.97 Å². The van der Waals surface area contributed by atoms with Gasteiger partial charge in [0, 0.05) is 37.1 Å². The van der Waals surface area contributed by atoms with Crippen LogP contribution >= 0.6 is 0 Å². The molecule has 0 spiro atoms. The number of esters is 1. The van der Waals surface area contributed by atoms with Gasteiger partial charge in [0.25, 0.3) is 0 Å². The number of nitrogens with one attached hydrogen (secondary N) is 1. The Balaban J connectivity index is 1.76. The second-order valence-electron chi connectivity index (χ2n) is 6.85. The van der Waals surface area contributed by atoms with E-state index >= 15 is 0 Å². The van der Waals surface area contributed by atoms with Crippen LogP contribution in [0.1, 0.15) is 12.0 Å². The van der Waals surface area contributed by atoms with Crippen molar-refractivity contribution < 1.29 is 27.8 Å². The first-order valence-corrected chi connectivity index (χ1v) is 9.05. The van der Waals surface area contributed by atoms with Crippen LogP contribution in [0.3, 0.4) is 0 Å². The molecule has 2 aromatic rings. The number of pyridine rings is 1. The van der Waals surface area contributed by atoms with E-state index in [2.05, 4.69) is 4.98 Å². The average Bonchev–Trinajstić information content (AvgIpc) is 2.67. The molecule has 1 aliphatic rings. The first kappa shape index (κ1) is 21.6. The van der Waals surface area contributed by atoms with E-state index in [1.807, 2.05) is 0 Å². The largest absolute Gasteiger partial charge is 0.460 e. The third-order valence-corrected chi connectivity index (χ3v) is 4.84. The summed E-state index contributed by atoms with van der Waals surface area (Å²) in [7, 11) is 3.03. The number of carbonyl (C=O) groups is 1. The van der Waals surface area contributed by atoms with Gasteiger partial charge in [0.1, 0.15) is 24.7 Å². The fourth-order valence-electron chi connectivity index (χ4n) is 3.12. The van der Waals surface area contributed by atoms with Crippen LogP contribution in [0.2, 0.25) is 0 Å². The summed E-state index contributed by atoms with van der Waals surface area (Å²) in [6, 6.07) is 5.70. The van der Waals surface area contributed by atoms with Gasteiger partial charge in [-0.1, -0.05) is 18.2 Å². The molecule has 3 N–H and O–H groups in total. The van der Waals surface area contributed by atoms with Crippen molar-refractivity contribution in [3.05, 3.63) is 47.7 Å². The van der Waals surface area contributed by atoms with Gasteiger partial charge < -0.3 is 24.8 Å². The molecule has 10 heteroatoms. The Bertz CT molecular complexity index is 958. The predicted molar refractivity (Wildman–Crippen MR) is 105 cm³/mol. The van der Waals surface area contributed by atoms with Crippen LogP contribution in [0.15, 0.2) is 30.5 Å². The molecule has 8 nitrogen and oxygen atoms in total. The standard InChI is InChI=1S/C20H22F2N4O4/c1-28-20(29-2)10-26(11-20)19-15(21)6-13(8-25-19)14-5-3-4-12(18(14)22)9-30-17(27)7-16(23)24/h3-6,8H,7,9-11H2,1-2H3,(H3,23,24). The molecule has 0 unspecified atom stereocenters. The van der Waals surface area contributed by atoms with Crippen molar-refractivity contribution in [1.29, 1.82) is 5.41 Å². The maximum absolute atomic E-state index is 14.9. The number of nitrogens with zero attached hydrogens (tertiary/aromatic N) is 2. The molecule has 0 radical (unpaired) electrons. The summed E-state index contributed by atoms with van der Waals surface area (Å²) in [5.41, 5.74) is 5.62. The molecule has 0 amide bonds. The van der Waals surface area contributed by atoms with Gasteiger partial charge in [-0.3, -0.25) is 10.2 Å². The number of benzene rings is 1. The first-order chi connectivity index (χ1) is 14.3. The number of rotatable bonds is 8. The second-order valence-corrected chi connectivity index (χ2v) is 6.85. The average molecular weight is 420 g/mol. The van der Waals surface area contributed by atoms with Crippen LogP contribution in [0.5, 0.6) is 0 Å². The van der Waals surface area contributed by atoms with Crippen LogP contribution in [0, 0.1) is 17.0 Å². The van der Waals surface area contributed by atoms with E-state index in [0.29, 0.717) is 13.1 Å². The molecule has 3 rings (SSSR count). The van der Waals surface area contributed by atoms with E-state index in [1.54, 1.807) is 11.0 Å². The summed E-state index contributed by atoms with van der Waals surface area (Å²) in [5.74, 6) is -2.99. The van der Waals surface area contributed by atoms with Crippen molar-refractivity contribution in [2.75, 3.05) is 32.2 Å². The summed E-state index contributed by atoms with van der Waals surface area (Å²) >= 11 is 0. The van der Waals surface area contributed by atoms with Crippen molar-refractivity contribution in [3.8, 4) is 11.1 Å². The Hall–Kier alpha value is -3.11. The normalized spacial score (nSPS) is 14.9. The Morgan fingerprint density at radius 1 is 1.30 bits per heavy atom.